The van der Waals surface area contributed by atoms with Crippen LogP contribution in [0.5, 0.6) is 0 Å². The van der Waals surface area contributed by atoms with E-state index in [0.29, 0.717) is 5.92 Å². The number of aliphatic hydroxyl groups is 1. The van der Waals surface area contributed by atoms with Gasteiger partial charge in [-0.3, -0.25) is 0 Å². The fourth-order valence-electron chi connectivity index (χ4n) is 2.35. The van der Waals surface area contributed by atoms with Crippen molar-refractivity contribution in [3.8, 4) is 0 Å². The summed E-state index contributed by atoms with van der Waals surface area (Å²) in [6, 6.07) is 6.47. The molecule has 0 bridgehead atoms. The number of hydrogen-bond donors (Lipinski definition) is 2. The van der Waals surface area contributed by atoms with Gasteiger partial charge in [-0.1, -0.05) is 35.8 Å². The highest BCUT2D eigenvalue weighted by Crippen LogP contribution is 2.26. The fourth-order valence-corrected chi connectivity index (χ4v) is 2.86. The van der Waals surface area contributed by atoms with Crippen molar-refractivity contribution >= 4 is 21.6 Å². The van der Waals surface area contributed by atoms with E-state index in [9.17, 15) is 5.11 Å². The van der Waals surface area contributed by atoms with Crippen molar-refractivity contribution in [1.29, 1.82) is 0 Å². The van der Waals surface area contributed by atoms with Crippen molar-refractivity contribution in [2.75, 3.05) is 24.5 Å². The van der Waals surface area contributed by atoms with Gasteiger partial charge >= 0.3 is 0 Å². The molecule has 1 fully saturated rings. The average Bonchev–Trinajstić information content (AvgIpc) is 2.77. The maximum atomic E-state index is 9.59. The van der Waals surface area contributed by atoms with E-state index in [0.717, 1.165) is 37.1 Å². The van der Waals surface area contributed by atoms with Gasteiger partial charge in [0, 0.05) is 29.8 Å². The highest BCUT2D eigenvalue weighted by atomic mass is 79.9. The van der Waals surface area contributed by atoms with Crippen LogP contribution in [-0.4, -0.2) is 30.8 Å². The van der Waals surface area contributed by atoms with Crippen LogP contribution in [0.25, 0.3) is 0 Å². The molecule has 0 radical (unpaired) electrons. The number of hydrogen-bond acceptors (Lipinski definition) is 3. The molecule has 2 N–H and O–H groups in total. The van der Waals surface area contributed by atoms with Crippen molar-refractivity contribution in [3.63, 3.8) is 0 Å². The molecule has 1 heterocycles. The van der Waals surface area contributed by atoms with Crippen LogP contribution in [0.15, 0.2) is 22.7 Å². The summed E-state index contributed by atoms with van der Waals surface area (Å²) in [5.41, 5.74) is 2.47. The van der Waals surface area contributed by atoms with Crippen molar-refractivity contribution in [2.24, 2.45) is 5.92 Å². The van der Waals surface area contributed by atoms with Crippen molar-refractivity contribution in [3.05, 3.63) is 28.2 Å². The molecule has 1 atom stereocenters. The van der Waals surface area contributed by atoms with Crippen LogP contribution in [0.4, 0.5) is 5.69 Å². The molecule has 1 unspecified atom stereocenters. The van der Waals surface area contributed by atoms with Crippen LogP contribution in [0.2, 0.25) is 0 Å². The second kappa shape index (κ2) is 6.73. The minimum absolute atomic E-state index is 0.175. The van der Waals surface area contributed by atoms with Gasteiger partial charge in [-0.25, -0.2) is 0 Å². The molecular formula is C15H23BrN2O. The summed E-state index contributed by atoms with van der Waals surface area (Å²) in [4.78, 5) is 2.24. The highest BCUT2D eigenvalue weighted by Gasteiger charge is 2.20. The van der Waals surface area contributed by atoms with E-state index in [1.165, 1.54) is 11.3 Å². The molecule has 106 valence electrons. The Labute approximate surface area is 124 Å². The molecule has 1 aliphatic rings. The zero-order valence-corrected chi connectivity index (χ0v) is 13.3. The number of benzene rings is 1. The van der Waals surface area contributed by atoms with Crippen LogP contribution in [0.1, 0.15) is 25.8 Å². The minimum Gasteiger partial charge on any atom is -0.391 e. The minimum atomic E-state index is -0.175. The SMILES string of the molecule is CC(C)CNCc1ccc(N2CCC(O)C2)cc1Br. The summed E-state index contributed by atoms with van der Waals surface area (Å²) in [5.74, 6) is 0.670. The highest BCUT2D eigenvalue weighted by molar-refractivity contribution is 9.10. The van der Waals surface area contributed by atoms with Crippen molar-refractivity contribution in [1.82, 2.24) is 5.32 Å². The third-order valence-corrected chi connectivity index (χ3v) is 4.17. The van der Waals surface area contributed by atoms with Gasteiger partial charge in [-0.05, 0) is 36.6 Å². The van der Waals surface area contributed by atoms with Crippen LogP contribution in [0.3, 0.4) is 0 Å². The molecule has 1 aromatic rings. The monoisotopic (exact) mass is 326 g/mol. The summed E-state index contributed by atoms with van der Waals surface area (Å²) in [6.45, 7) is 8.04. The summed E-state index contributed by atoms with van der Waals surface area (Å²) >= 11 is 3.65. The summed E-state index contributed by atoms with van der Waals surface area (Å²) in [6.07, 6.45) is 0.696. The van der Waals surface area contributed by atoms with E-state index in [1.807, 2.05) is 0 Å². The lowest BCUT2D eigenvalue weighted by atomic mass is 10.1. The second-order valence-corrected chi connectivity index (χ2v) is 6.54. The normalized spacial score (nSPS) is 19.4. The van der Waals surface area contributed by atoms with E-state index in [1.54, 1.807) is 0 Å². The van der Waals surface area contributed by atoms with Crippen LogP contribution < -0.4 is 10.2 Å². The summed E-state index contributed by atoms with van der Waals surface area (Å²) < 4.78 is 1.14. The lowest BCUT2D eigenvalue weighted by Crippen LogP contribution is -2.21. The third-order valence-electron chi connectivity index (χ3n) is 3.43. The van der Waals surface area contributed by atoms with Gasteiger partial charge in [-0.15, -0.1) is 0 Å². The Morgan fingerprint density at radius 1 is 1.47 bits per heavy atom. The number of nitrogens with zero attached hydrogens (tertiary/aromatic N) is 1. The number of halogens is 1. The van der Waals surface area contributed by atoms with E-state index in [4.69, 9.17) is 0 Å². The molecule has 4 heteroatoms. The first-order chi connectivity index (χ1) is 9.06. The average molecular weight is 327 g/mol. The van der Waals surface area contributed by atoms with Gasteiger partial charge < -0.3 is 15.3 Å². The van der Waals surface area contributed by atoms with Crippen molar-refractivity contribution < 1.29 is 5.11 Å². The van der Waals surface area contributed by atoms with E-state index in [-0.39, 0.29) is 6.10 Å². The van der Waals surface area contributed by atoms with E-state index in [2.05, 4.69) is 58.2 Å². The number of aliphatic hydroxyl groups excluding tert-OH is 1. The smallest absolute Gasteiger partial charge is 0.0731 e. The van der Waals surface area contributed by atoms with Crippen LogP contribution in [-0.2, 0) is 6.54 Å². The first kappa shape index (κ1) is 14.8. The largest absolute Gasteiger partial charge is 0.391 e. The topological polar surface area (TPSA) is 35.5 Å². The zero-order valence-electron chi connectivity index (χ0n) is 11.7. The first-order valence-corrected chi connectivity index (χ1v) is 7.77. The molecule has 1 saturated heterocycles. The van der Waals surface area contributed by atoms with E-state index < -0.39 is 0 Å². The second-order valence-electron chi connectivity index (χ2n) is 5.69. The summed E-state index contributed by atoms with van der Waals surface area (Å²) in [5, 5.41) is 13.0. The van der Waals surface area contributed by atoms with Gasteiger partial charge in [0.25, 0.3) is 0 Å². The lowest BCUT2D eigenvalue weighted by Gasteiger charge is -2.19. The Balaban J connectivity index is 1.97. The lowest BCUT2D eigenvalue weighted by molar-refractivity contribution is 0.198. The van der Waals surface area contributed by atoms with Gasteiger partial charge in [0.2, 0.25) is 0 Å². The quantitative estimate of drug-likeness (QED) is 0.873. The Morgan fingerprint density at radius 2 is 2.26 bits per heavy atom. The molecule has 3 nitrogen and oxygen atoms in total. The van der Waals surface area contributed by atoms with Crippen molar-refractivity contribution in [2.45, 2.75) is 32.9 Å². The van der Waals surface area contributed by atoms with Gasteiger partial charge in [0.15, 0.2) is 0 Å². The zero-order chi connectivity index (χ0) is 13.8. The molecule has 0 saturated carbocycles. The Kier molecular flexibility index (Phi) is 5.25. The molecule has 0 aromatic heterocycles. The molecule has 2 rings (SSSR count). The molecule has 1 aliphatic heterocycles. The van der Waals surface area contributed by atoms with Gasteiger partial charge in [0.05, 0.1) is 6.10 Å². The van der Waals surface area contributed by atoms with Crippen LogP contribution in [0, 0.1) is 5.92 Å². The predicted molar refractivity (Wildman–Crippen MR) is 83.5 cm³/mol. The number of nitrogens with one attached hydrogen (secondary N) is 1. The first-order valence-electron chi connectivity index (χ1n) is 6.98. The number of β-amino-alcohol motifs (C(OH)–C–C–N with tert-alkyl or cyclic N) is 1. The van der Waals surface area contributed by atoms with Gasteiger partial charge in [-0.2, -0.15) is 0 Å². The third kappa shape index (κ3) is 4.20. The Hall–Kier alpha value is -0.580. The molecule has 1 aromatic carbocycles. The van der Waals surface area contributed by atoms with Crippen LogP contribution >= 0.6 is 15.9 Å². The molecule has 19 heavy (non-hydrogen) atoms. The molecule has 0 amide bonds. The van der Waals surface area contributed by atoms with Gasteiger partial charge in [0.1, 0.15) is 0 Å². The fraction of sp³-hybridized carbons (Fsp3) is 0.600. The summed E-state index contributed by atoms with van der Waals surface area (Å²) in [7, 11) is 0. The molecular weight excluding hydrogens is 304 g/mol. The molecule has 0 spiro atoms. The van der Waals surface area contributed by atoms with E-state index >= 15 is 0 Å². The standard InChI is InChI=1S/C15H23BrN2O/c1-11(2)8-17-9-12-3-4-13(7-15(12)16)18-6-5-14(19)10-18/h3-4,7,11,14,17,19H,5-6,8-10H2,1-2H3. The maximum Gasteiger partial charge on any atom is 0.0731 e. The number of rotatable bonds is 5. The predicted octanol–water partition coefficient (Wildman–Crippen LogP) is 2.77. The number of anilines is 1. The maximum absolute atomic E-state index is 9.59. The Bertz CT molecular complexity index is 423. The molecule has 0 aliphatic carbocycles. The Morgan fingerprint density at radius 3 is 2.84 bits per heavy atom.